The number of amides is 3. The number of urea groups is 1. The molecule has 142 valence electrons. The van der Waals surface area contributed by atoms with Gasteiger partial charge in [0, 0.05) is 0 Å². The number of imide groups is 1. The number of carbonyl (C=O) groups is 3. The van der Waals surface area contributed by atoms with Crippen LogP contribution in [0.2, 0.25) is 0 Å². The number of methoxy groups -OCH3 is 1. The summed E-state index contributed by atoms with van der Waals surface area (Å²) in [5.41, 5.74) is -1.13. The molecule has 0 spiro atoms. The highest BCUT2D eigenvalue weighted by Crippen LogP contribution is 2.37. The Hall–Kier alpha value is -2.57. The van der Waals surface area contributed by atoms with Gasteiger partial charge in [-0.2, -0.15) is 0 Å². The maximum Gasteiger partial charge on any atom is 0.332 e. The zero-order valence-corrected chi connectivity index (χ0v) is 16.1. The van der Waals surface area contributed by atoms with Crippen LogP contribution in [-0.4, -0.2) is 42.1 Å². The first-order chi connectivity index (χ1) is 12.2. The van der Waals surface area contributed by atoms with Crippen molar-refractivity contribution in [3.63, 3.8) is 0 Å². The van der Waals surface area contributed by atoms with Crippen molar-refractivity contribution in [1.82, 2.24) is 10.2 Å². The number of ether oxygens (including phenoxy) is 2. The van der Waals surface area contributed by atoms with E-state index in [0.717, 1.165) is 10.5 Å². The molecule has 2 rings (SSSR count). The Morgan fingerprint density at radius 1 is 1.27 bits per heavy atom. The first-order valence-electron chi connectivity index (χ1n) is 8.64. The Balaban J connectivity index is 2.50. The van der Waals surface area contributed by atoms with Crippen molar-refractivity contribution in [2.24, 2.45) is 0 Å². The first-order valence-corrected chi connectivity index (χ1v) is 8.64. The van der Waals surface area contributed by atoms with Crippen LogP contribution >= 0.6 is 0 Å². The van der Waals surface area contributed by atoms with Crippen molar-refractivity contribution in [1.29, 1.82) is 0 Å². The minimum Gasteiger partial charge on any atom is -0.496 e. The summed E-state index contributed by atoms with van der Waals surface area (Å²) in [7, 11) is 1.57. The van der Waals surface area contributed by atoms with Crippen LogP contribution < -0.4 is 10.1 Å². The lowest BCUT2D eigenvalue weighted by molar-refractivity contribution is -0.158. The fraction of sp³-hybridized carbons (Fsp3) is 0.526. The second-order valence-corrected chi connectivity index (χ2v) is 6.79. The van der Waals surface area contributed by atoms with E-state index in [-0.39, 0.29) is 6.61 Å². The molecule has 0 saturated carbocycles. The highest BCUT2D eigenvalue weighted by molar-refractivity contribution is 6.10. The summed E-state index contributed by atoms with van der Waals surface area (Å²) in [6, 6.07) is 4.74. The lowest BCUT2D eigenvalue weighted by Gasteiger charge is -2.32. The highest BCUT2D eigenvalue weighted by atomic mass is 16.5. The van der Waals surface area contributed by atoms with Gasteiger partial charge in [0.05, 0.1) is 13.7 Å². The van der Waals surface area contributed by atoms with Crippen LogP contribution in [0.5, 0.6) is 5.75 Å². The third-order valence-electron chi connectivity index (χ3n) is 4.84. The zero-order valence-electron chi connectivity index (χ0n) is 16.1. The molecule has 1 N–H and O–H groups in total. The third-order valence-corrected chi connectivity index (χ3v) is 4.84. The number of aryl methyl sites for hydroxylation is 1. The normalized spacial score (nSPS) is 20.2. The van der Waals surface area contributed by atoms with Crippen LogP contribution in [-0.2, 0) is 19.9 Å². The Labute approximate surface area is 153 Å². The van der Waals surface area contributed by atoms with E-state index >= 15 is 0 Å². The summed E-state index contributed by atoms with van der Waals surface area (Å²) < 4.78 is 10.3. The Morgan fingerprint density at radius 2 is 1.92 bits per heavy atom. The van der Waals surface area contributed by atoms with Crippen molar-refractivity contribution in [2.75, 3.05) is 13.7 Å². The standard InChI is InChI=1S/C19H26N2O5/c1-7-19(13-9-10-14(25-6)12(3)11-13)15(22)21(17(24)20-19)18(4,5)16(23)26-8-2/h9-11H,7-8H2,1-6H3,(H,20,24). The Bertz CT molecular complexity index is 743. The molecule has 26 heavy (non-hydrogen) atoms. The second-order valence-electron chi connectivity index (χ2n) is 6.79. The molecular weight excluding hydrogens is 336 g/mol. The predicted octanol–water partition coefficient (Wildman–Crippen LogP) is 2.50. The molecule has 1 heterocycles. The number of carbonyl (C=O) groups excluding carboxylic acids is 3. The van der Waals surface area contributed by atoms with Crippen LogP contribution in [0.1, 0.15) is 45.2 Å². The van der Waals surface area contributed by atoms with Gasteiger partial charge in [0.1, 0.15) is 16.8 Å². The van der Waals surface area contributed by atoms with Crippen molar-refractivity contribution >= 4 is 17.9 Å². The molecule has 1 aliphatic rings. The summed E-state index contributed by atoms with van der Waals surface area (Å²) in [6.45, 7) is 8.55. The number of rotatable bonds is 6. The lowest BCUT2D eigenvalue weighted by Crippen LogP contribution is -2.55. The fourth-order valence-electron chi connectivity index (χ4n) is 3.26. The average molecular weight is 362 g/mol. The molecule has 1 fully saturated rings. The number of hydrogen-bond acceptors (Lipinski definition) is 5. The molecule has 0 aliphatic carbocycles. The summed E-state index contributed by atoms with van der Waals surface area (Å²) in [5, 5.41) is 2.79. The largest absolute Gasteiger partial charge is 0.496 e. The van der Waals surface area contributed by atoms with Crippen LogP contribution in [0.25, 0.3) is 0 Å². The van der Waals surface area contributed by atoms with Crippen molar-refractivity contribution < 1.29 is 23.9 Å². The number of nitrogens with one attached hydrogen (secondary N) is 1. The third kappa shape index (κ3) is 2.91. The fourth-order valence-corrected chi connectivity index (χ4v) is 3.26. The molecule has 0 radical (unpaired) electrons. The van der Waals surface area contributed by atoms with E-state index in [0.29, 0.717) is 17.7 Å². The van der Waals surface area contributed by atoms with Crippen LogP contribution in [0.4, 0.5) is 4.79 Å². The van der Waals surface area contributed by atoms with Gasteiger partial charge in [-0.3, -0.25) is 4.79 Å². The molecule has 1 unspecified atom stereocenters. The maximum atomic E-state index is 13.3. The summed E-state index contributed by atoms with van der Waals surface area (Å²) in [5.74, 6) is -0.394. The van der Waals surface area contributed by atoms with Crippen LogP contribution in [0.15, 0.2) is 18.2 Å². The molecule has 1 aromatic rings. The molecule has 1 saturated heterocycles. The van der Waals surface area contributed by atoms with Crippen LogP contribution in [0.3, 0.4) is 0 Å². The average Bonchev–Trinajstić information content (AvgIpc) is 2.86. The molecule has 0 bridgehead atoms. The van der Waals surface area contributed by atoms with E-state index in [9.17, 15) is 14.4 Å². The molecule has 1 atom stereocenters. The maximum absolute atomic E-state index is 13.3. The van der Waals surface area contributed by atoms with Crippen LogP contribution in [0, 0.1) is 6.92 Å². The first kappa shape index (κ1) is 19.8. The smallest absolute Gasteiger partial charge is 0.332 e. The van der Waals surface area contributed by atoms with Gasteiger partial charge in [-0.1, -0.05) is 13.0 Å². The topological polar surface area (TPSA) is 84.9 Å². The van der Waals surface area contributed by atoms with E-state index in [4.69, 9.17) is 9.47 Å². The van der Waals surface area contributed by atoms with E-state index in [1.165, 1.54) is 13.8 Å². The lowest BCUT2D eigenvalue weighted by atomic mass is 9.85. The van der Waals surface area contributed by atoms with Gasteiger partial charge in [0.2, 0.25) is 0 Å². The summed E-state index contributed by atoms with van der Waals surface area (Å²) in [4.78, 5) is 39.2. The summed E-state index contributed by atoms with van der Waals surface area (Å²) >= 11 is 0. The number of hydrogen-bond donors (Lipinski definition) is 1. The molecule has 3 amide bonds. The van der Waals surface area contributed by atoms with Gasteiger partial charge in [-0.25, -0.2) is 14.5 Å². The second kappa shape index (κ2) is 6.97. The van der Waals surface area contributed by atoms with E-state index in [1.54, 1.807) is 26.2 Å². The van der Waals surface area contributed by atoms with Gasteiger partial charge in [0.15, 0.2) is 0 Å². The predicted molar refractivity (Wildman–Crippen MR) is 95.8 cm³/mol. The van der Waals surface area contributed by atoms with Gasteiger partial charge in [-0.15, -0.1) is 0 Å². The van der Waals surface area contributed by atoms with Crippen molar-refractivity contribution in [3.8, 4) is 5.75 Å². The number of esters is 1. The summed E-state index contributed by atoms with van der Waals surface area (Å²) in [6.07, 6.45) is 0.346. The van der Waals surface area contributed by atoms with E-state index in [2.05, 4.69) is 5.32 Å². The zero-order chi connectivity index (χ0) is 19.7. The minimum atomic E-state index is -1.41. The molecule has 7 heteroatoms. The molecule has 1 aliphatic heterocycles. The van der Waals surface area contributed by atoms with Gasteiger partial charge in [0.25, 0.3) is 5.91 Å². The SMILES string of the molecule is CCOC(=O)C(C)(C)N1C(=O)NC(CC)(c2ccc(OC)c(C)c2)C1=O. The van der Waals surface area contributed by atoms with Gasteiger partial charge >= 0.3 is 12.0 Å². The number of benzene rings is 1. The van der Waals surface area contributed by atoms with Gasteiger partial charge < -0.3 is 14.8 Å². The molecule has 0 aromatic heterocycles. The highest BCUT2D eigenvalue weighted by Gasteiger charge is 2.57. The Morgan fingerprint density at radius 3 is 2.42 bits per heavy atom. The Kier molecular flexibility index (Phi) is 5.30. The minimum absolute atomic E-state index is 0.169. The number of nitrogens with zero attached hydrogens (tertiary/aromatic N) is 1. The molecule has 7 nitrogen and oxygen atoms in total. The van der Waals surface area contributed by atoms with E-state index < -0.39 is 29.0 Å². The quantitative estimate of drug-likeness (QED) is 0.621. The monoisotopic (exact) mass is 362 g/mol. The van der Waals surface area contributed by atoms with Gasteiger partial charge in [-0.05, 0) is 57.4 Å². The molecular formula is C19H26N2O5. The van der Waals surface area contributed by atoms with Crippen molar-refractivity contribution in [3.05, 3.63) is 29.3 Å². The molecule has 1 aromatic carbocycles. The van der Waals surface area contributed by atoms with Crippen molar-refractivity contribution in [2.45, 2.75) is 52.1 Å². The van der Waals surface area contributed by atoms with E-state index in [1.807, 2.05) is 19.9 Å².